The molecule has 2 aromatic carbocycles. The Balaban J connectivity index is 1.41. The highest BCUT2D eigenvalue weighted by Gasteiger charge is 2.09. The van der Waals surface area contributed by atoms with Gasteiger partial charge in [0.15, 0.2) is 5.01 Å². The zero-order valence-corrected chi connectivity index (χ0v) is 15.7. The van der Waals surface area contributed by atoms with Gasteiger partial charge in [-0.05, 0) is 29.5 Å². The van der Waals surface area contributed by atoms with Gasteiger partial charge in [0.1, 0.15) is 5.69 Å². The highest BCUT2D eigenvalue weighted by molar-refractivity contribution is 7.10. The first-order chi connectivity index (χ1) is 13.7. The number of para-hydroxylation sites is 1. The summed E-state index contributed by atoms with van der Waals surface area (Å²) in [6.45, 7) is 0.529. The molecule has 0 unspecified atom stereocenters. The van der Waals surface area contributed by atoms with Gasteiger partial charge in [-0.15, -0.1) is 17.8 Å². The molecule has 1 amide bonds. The smallest absolute Gasteiger partial charge is 0.270 e. The van der Waals surface area contributed by atoms with Crippen molar-refractivity contribution in [2.45, 2.75) is 6.42 Å². The van der Waals surface area contributed by atoms with Gasteiger partial charge >= 0.3 is 0 Å². The maximum Gasteiger partial charge on any atom is 0.270 e. The number of amides is 1. The van der Waals surface area contributed by atoms with Crippen LogP contribution in [0.4, 0.5) is 0 Å². The van der Waals surface area contributed by atoms with E-state index in [1.165, 1.54) is 11.3 Å². The number of rotatable bonds is 5. The number of terminal acetylenes is 1. The van der Waals surface area contributed by atoms with Gasteiger partial charge in [-0.25, -0.2) is 4.98 Å². The zero-order chi connectivity index (χ0) is 19.3. The monoisotopic (exact) mass is 384 g/mol. The summed E-state index contributed by atoms with van der Waals surface area (Å²) < 4.78 is 0. The van der Waals surface area contributed by atoms with Crippen molar-refractivity contribution in [1.29, 1.82) is 0 Å². The molecule has 5 nitrogen and oxygen atoms in total. The van der Waals surface area contributed by atoms with Crippen molar-refractivity contribution in [2.24, 2.45) is 0 Å². The molecular formula is C22H16N4OS. The normalized spacial score (nSPS) is 10.5. The summed E-state index contributed by atoms with van der Waals surface area (Å²) in [6.07, 6.45) is 9.42. The Hall–Kier alpha value is -3.56. The second kappa shape index (κ2) is 7.99. The van der Waals surface area contributed by atoms with Crippen molar-refractivity contribution in [3.63, 3.8) is 0 Å². The minimum Gasteiger partial charge on any atom is -0.350 e. The van der Waals surface area contributed by atoms with Gasteiger partial charge < -0.3 is 5.32 Å². The summed E-state index contributed by atoms with van der Waals surface area (Å²) in [5.41, 5.74) is 5.41. The molecule has 2 aromatic heterocycles. The van der Waals surface area contributed by atoms with Gasteiger partial charge in [0.05, 0.1) is 11.0 Å². The van der Waals surface area contributed by atoms with E-state index in [1.54, 1.807) is 17.8 Å². The lowest BCUT2D eigenvalue weighted by molar-refractivity contribution is 0.0950. The van der Waals surface area contributed by atoms with Crippen LogP contribution >= 0.6 is 11.3 Å². The van der Waals surface area contributed by atoms with Gasteiger partial charge in [-0.3, -0.25) is 14.8 Å². The van der Waals surface area contributed by atoms with Crippen LogP contribution in [-0.2, 0) is 6.42 Å². The molecule has 0 fully saturated rings. The van der Waals surface area contributed by atoms with Gasteiger partial charge in [0.2, 0.25) is 0 Å². The van der Waals surface area contributed by atoms with Crippen molar-refractivity contribution < 1.29 is 4.79 Å². The third kappa shape index (κ3) is 3.75. The third-order valence-electron chi connectivity index (χ3n) is 4.32. The van der Waals surface area contributed by atoms with Crippen molar-refractivity contribution in [3.05, 3.63) is 76.5 Å². The molecule has 0 saturated carbocycles. The molecule has 28 heavy (non-hydrogen) atoms. The van der Waals surface area contributed by atoms with E-state index in [4.69, 9.17) is 6.42 Å². The number of thiazole rings is 1. The van der Waals surface area contributed by atoms with Gasteiger partial charge in [0.25, 0.3) is 5.91 Å². The lowest BCUT2D eigenvalue weighted by atomic mass is 10.0. The fourth-order valence-corrected chi connectivity index (χ4v) is 3.53. The topological polar surface area (TPSA) is 67.8 Å². The Kier molecular flexibility index (Phi) is 5.09. The Bertz CT molecular complexity index is 1170. The van der Waals surface area contributed by atoms with Crippen molar-refractivity contribution in [2.75, 3.05) is 6.54 Å². The third-order valence-corrected chi connectivity index (χ3v) is 5.10. The molecule has 0 aliphatic rings. The number of carbonyl (C=O) groups excluding carboxylic acids is 1. The molecule has 2 heterocycles. The second-order valence-corrected chi connectivity index (χ2v) is 6.97. The Labute approximate surface area is 166 Å². The molecule has 4 rings (SSSR count). The lowest BCUT2D eigenvalue weighted by Crippen LogP contribution is -2.25. The minimum atomic E-state index is -0.205. The van der Waals surface area contributed by atoms with Crippen LogP contribution in [0.15, 0.2) is 60.2 Å². The number of nitrogens with one attached hydrogen (secondary N) is 1. The average Bonchev–Trinajstić information content (AvgIpc) is 3.23. The number of hydrogen-bond donors (Lipinski definition) is 1. The van der Waals surface area contributed by atoms with Crippen LogP contribution in [0.25, 0.3) is 22.2 Å². The molecule has 1 N–H and O–H groups in total. The highest BCUT2D eigenvalue weighted by atomic mass is 32.1. The SMILES string of the molecule is C#Cc1nc(C(=O)NCCc2ccc(-c3cccc4nccnc34)cc2)cs1. The molecular weight excluding hydrogens is 368 g/mol. The zero-order valence-electron chi connectivity index (χ0n) is 14.9. The molecule has 0 radical (unpaired) electrons. The second-order valence-electron chi connectivity index (χ2n) is 6.11. The largest absolute Gasteiger partial charge is 0.350 e. The quantitative estimate of drug-likeness (QED) is 0.533. The Morgan fingerprint density at radius 3 is 2.71 bits per heavy atom. The number of benzene rings is 2. The number of fused-ring (bicyclic) bond motifs is 1. The molecule has 136 valence electrons. The first kappa shape index (κ1) is 17.8. The van der Waals surface area contributed by atoms with E-state index in [2.05, 4.69) is 50.5 Å². The van der Waals surface area contributed by atoms with Crippen LogP contribution < -0.4 is 5.32 Å². The van der Waals surface area contributed by atoms with Gasteiger partial charge in [0, 0.05) is 29.9 Å². The number of carbonyl (C=O) groups is 1. The summed E-state index contributed by atoms with van der Waals surface area (Å²) in [7, 11) is 0. The number of nitrogens with zero attached hydrogens (tertiary/aromatic N) is 3. The van der Waals surface area contributed by atoms with E-state index < -0.39 is 0 Å². The van der Waals surface area contributed by atoms with E-state index in [0.29, 0.717) is 17.2 Å². The lowest BCUT2D eigenvalue weighted by Gasteiger charge is -2.07. The minimum absolute atomic E-state index is 0.205. The maximum absolute atomic E-state index is 12.1. The van der Waals surface area contributed by atoms with E-state index >= 15 is 0 Å². The summed E-state index contributed by atoms with van der Waals surface area (Å²) >= 11 is 1.29. The molecule has 0 aliphatic heterocycles. The van der Waals surface area contributed by atoms with Crippen LogP contribution in [0, 0.1) is 12.3 Å². The van der Waals surface area contributed by atoms with Crippen LogP contribution in [0.2, 0.25) is 0 Å². The van der Waals surface area contributed by atoms with E-state index in [1.807, 2.05) is 18.2 Å². The van der Waals surface area contributed by atoms with Crippen LogP contribution in [-0.4, -0.2) is 27.4 Å². The Morgan fingerprint density at radius 1 is 1.11 bits per heavy atom. The number of hydrogen-bond acceptors (Lipinski definition) is 5. The molecule has 0 aliphatic carbocycles. The first-order valence-electron chi connectivity index (χ1n) is 8.74. The molecule has 0 saturated heterocycles. The summed E-state index contributed by atoms with van der Waals surface area (Å²) in [5.74, 6) is 2.23. The molecule has 0 bridgehead atoms. The maximum atomic E-state index is 12.1. The van der Waals surface area contributed by atoms with Crippen LogP contribution in [0.3, 0.4) is 0 Å². The molecule has 6 heteroatoms. The summed E-state index contributed by atoms with van der Waals surface area (Å²) in [4.78, 5) is 25.0. The summed E-state index contributed by atoms with van der Waals surface area (Å²) in [5, 5.41) is 5.06. The fraction of sp³-hybridized carbons (Fsp3) is 0.0909. The first-order valence-corrected chi connectivity index (χ1v) is 9.62. The predicted molar refractivity (Wildman–Crippen MR) is 111 cm³/mol. The molecule has 0 atom stereocenters. The van der Waals surface area contributed by atoms with E-state index in [9.17, 15) is 4.79 Å². The van der Waals surface area contributed by atoms with Crippen molar-refractivity contribution in [3.8, 4) is 23.5 Å². The van der Waals surface area contributed by atoms with Crippen molar-refractivity contribution in [1.82, 2.24) is 20.3 Å². The van der Waals surface area contributed by atoms with E-state index in [-0.39, 0.29) is 5.91 Å². The van der Waals surface area contributed by atoms with E-state index in [0.717, 1.165) is 34.1 Å². The van der Waals surface area contributed by atoms with Crippen LogP contribution in [0.5, 0.6) is 0 Å². The summed E-state index contributed by atoms with van der Waals surface area (Å²) in [6, 6.07) is 14.3. The van der Waals surface area contributed by atoms with Gasteiger partial charge in [-0.1, -0.05) is 36.4 Å². The molecule has 0 spiro atoms. The van der Waals surface area contributed by atoms with Gasteiger partial charge in [-0.2, -0.15) is 0 Å². The van der Waals surface area contributed by atoms with Crippen LogP contribution in [0.1, 0.15) is 21.1 Å². The fourth-order valence-electron chi connectivity index (χ4n) is 2.93. The average molecular weight is 384 g/mol. The van der Waals surface area contributed by atoms with Crippen molar-refractivity contribution >= 4 is 28.3 Å². The predicted octanol–water partition coefficient (Wildman–Crippen LogP) is 3.71. The molecule has 4 aromatic rings. The standard InChI is InChI=1S/C22H16N4OS/c1-2-20-26-19(14-28-20)22(27)25-11-10-15-6-8-16(9-7-15)17-4-3-5-18-21(17)24-13-12-23-18/h1,3-9,12-14H,10-11H2,(H,25,27). The Morgan fingerprint density at radius 2 is 1.93 bits per heavy atom. The number of aromatic nitrogens is 3. The highest BCUT2D eigenvalue weighted by Crippen LogP contribution is 2.26.